The maximum atomic E-state index is 12.3. The van der Waals surface area contributed by atoms with Crippen molar-refractivity contribution < 1.29 is 43.2 Å². The molecule has 0 radical (unpaired) electrons. The van der Waals surface area contributed by atoms with E-state index in [4.69, 9.17) is 28.8 Å². The van der Waals surface area contributed by atoms with Gasteiger partial charge in [0, 0.05) is 12.2 Å². The zero-order valence-corrected chi connectivity index (χ0v) is 25.2. The predicted octanol–water partition coefficient (Wildman–Crippen LogP) is 6.11. The number of carbonyl (C=O) groups is 3. The summed E-state index contributed by atoms with van der Waals surface area (Å²) in [5, 5.41) is 8.85. The zero-order valence-electron chi connectivity index (χ0n) is 25.2. The van der Waals surface area contributed by atoms with E-state index in [1.54, 1.807) is 30.3 Å². The molecule has 0 aromatic heterocycles. The molecule has 0 saturated heterocycles. The average molecular weight is 615 g/mol. The van der Waals surface area contributed by atoms with Crippen LogP contribution in [0.3, 0.4) is 0 Å². The summed E-state index contributed by atoms with van der Waals surface area (Å²) >= 11 is 0. The standard InChI is InChI=1S/C36H38O9/c1-3-34(38)43-23-7-5-4-6-22-41-31-15-13-30(14-16-31)29-11-8-28(9-12-29)10-21-35(39)45-33-19-17-32(18-20-33)42-24-25-44-36(40)27(2)26-37/h3,8-21,37H,1-2,4-7,22-26H2/b21-10+. The average Bonchev–Trinajstić information content (AvgIpc) is 3.07. The first kappa shape index (κ1) is 34.3. The number of rotatable bonds is 19. The van der Waals surface area contributed by atoms with Crippen molar-refractivity contribution in [2.45, 2.75) is 25.7 Å². The summed E-state index contributed by atoms with van der Waals surface area (Å²) in [6.07, 6.45) is 7.93. The fraction of sp³-hybridized carbons (Fsp3) is 0.250. The number of carbonyl (C=O) groups excluding carboxylic acids is 3. The van der Waals surface area contributed by atoms with Crippen molar-refractivity contribution in [1.82, 2.24) is 0 Å². The molecule has 0 aliphatic rings. The Labute approximate surface area is 263 Å². The first-order valence-electron chi connectivity index (χ1n) is 14.6. The fourth-order valence-electron chi connectivity index (χ4n) is 3.89. The molecule has 0 aliphatic heterocycles. The summed E-state index contributed by atoms with van der Waals surface area (Å²) < 4.78 is 26.5. The number of benzene rings is 3. The van der Waals surface area contributed by atoms with Crippen LogP contribution in [0, 0.1) is 0 Å². The van der Waals surface area contributed by atoms with Crippen LogP contribution in [0.1, 0.15) is 31.2 Å². The minimum absolute atomic E-state index is 0.00372. The molecule has 0 saturated carbocycles. The van der Waals surface area contributed by atoms with Crippen LogP contribution in [-0.4, -0.2) is 56.0 Å². The maximum absolute atomic E-state index is 12.3. The van der Waals surface area contributed by atoms with Gasteiger partial charge in [-0.1, -0.05) is 49.6 Å². The smallest absolute Gasteiger partial charge is 0.336 e. The Kier molecular flexibility index (Phi) is 14.6. The van der Waals surface area contributed by atoms with Gasteiger partial charge in [0.1, 0.15) is 30.5 Å². The summed E-state index contributed by atoms with van der Waals surface area (Å²) in [5.41, 5.74) is 2.91. The van der Waals surface area contributed by atoms with Gasteiger partial charge in [-0.25, -0.2) is 14.4 Å². The molecule has 0 bridgehead atoms. The van der Waals surface area contributed by atoms with Gasteiger partial charge in [-0.05, 0) is 84.8 Å². The lowest BCUT2D eigenvalue weighted by Gasteiger charge is -2.08. The van der Waals surface area contributed by atoms with Crippen molar-refractivity contribution in [2.75, 3.05) is 33.0 Å². The second-order valence-electron chi connectivity index (χ2n) is 9.75. The molecule has 3 aromatic rings. The zero-order chi connectivity index (χ0) is 32.3. The lowest BCUT2D eigenvalue weighted by Crippen LogP contribution is -2.15. The van der Waals surface area contributed by atoms with E-state index in [-0.39, 0.29) is 24.8 Å². The molecule has 45 heavy (non-hydrogen) atoms. The van der Waals surface area contributed by atoms with Gasteiger partial charge in [0.15, 0.2) is 0 Å². The third kappa shape index (κ3) is 12.9. The topological polar surface area (TPSA) is 118 Å². The molecular formula is C36H38O9. The molecular weight excluding hydrogens is 576 g/mol. The van der Waals surface area contributed by atoms with E-state index in [0.29, 0.717) is 24.7 Å². The normalized spacial score (nSPS) is 10.6. The molecule has 3 aromatic carbocycles. The summed E-state index contributed by atoms with van der Waals surface area (Å²) in [4.78, 5) is 34.7. The van der Waals surface area contributed by atoms with E-state index >= 15 is 0 Å². The van der Waals surface area contributed by atoms with Gasteiger partial charge in [-0.3, -0.25) is 0 Å². The molecule has 236 valence electrons. The summed E-state index contributed by atoms with van der Waals surface area (Å²) in [5.74, 6) is 0.0985. The second kappa shape index (κ2) is 19.2. The van der Waals surface area contributed by atoms with E-state index in [1.807, 2.05) is 48.5 Å². The van der Waals surface area contributed by atoms with Gasteiger partial charge in [0.25, 0.3) is 0 Å². The Bertz CT molecular complexity index is 1420. The van der Waals surface area contributed by atoms with Crippen LogP contribution >= 0.6 is 0 Å². The highest BCUT2D eigenvalue weighted by molar-refractivity contribution is 5.89. The summed E-state index contributed by atoms with van der Waals surface area (Å²) in [7, 11) is 0. The highest BCUT2D eigenvalue weighted by Gasteiger charge is 2.07. The first-order chi connectivity index (χ1) is 21.9. The highest BCUT2D eigenvalue weighted by Crippen LogP contribution is 2.24. The molecule has 1 N–H and O–H groups in total. The molecule has 0 fully saturated rings. The minimum atomic E-state index is -0.674. The van der Waals surface area contributed by atoms with Gasteiger partial charge in [0.05, 0.1) is 25.4 Å². The van der Waals surface area contributed by atoms with Crippen molar-refractivity contribution >= 4 is 24.0 Å². The molecule has 0 unspecified atom stereocenters. The van der Waals surface area contributed by atoms with Gasteiger partial charge in [0.2, 0.25) is 0 Å². The minimum Gasteiger partial charge on any atom is -0.494 e. The van der Waals surface area contributed by atoms with E-state index < -0.39 is 18.5 Å². The molecule has 0 amide bonds. The Hall–Kier alpha value is -5.15. The van der Waals surface area contributed by atoms with E-state index in [1.165, 1.54) is 12.2 Å². The van der Waals surface area contributed by atoms with Gasteiger partial charge >= 0.3 is 17.9 Å². The van der Waals surface area contributed by atoms with Crippen molar-refractivity contribution in [1.29, 1.82) is 0 Å². The lowest BCUT2D eigenvalue weighted by atomic mass is 10.0. The number of aliphatic hydroxyl groups is 1. The number of esters is 3. The lowest BCUT2D eigenvalue weighted by molar-refractivity contribution is -0.140. The number of hydrogen-bond acceptors (Lipinski definition) is 9. The van der Waals surface area contributed by atoms with E-state index in [2.05, 4.69) is 13.2 Å². The Morgan fingerprint density at radius 2 is 1.20 bits per heavy atom. The molecule has 0 aliphatic carbocycles. The van der Waals surface area contributed by atoms with Crippen LogP contribution in [0.25, 0.3) is 17.2 Å². The number of unbranched alkanes of at least 4 members (excludes halogenated alkanes) is 3. The highest BCUT2D eigenvalue weighted by atomic mass is 16.6. The Balaban J connectivity index is 1.35. The Morgan fingerprint density at radius 1 is 0.644 bits per heavy atom. The largest absolute Gasteiger partial charge is 0.494 e. The fourth-order valence-corrected chi connectivity index (χ4v) is 3.89. The quantitative estimate of drug-likeness (QED) is 0.0738. The Morgan fingerprint density at radius 3 is 1.82 bits per heavy atom. The number of aliphatic hydroxyl groups excluding tert-OH is 1. The van der Waals surface area contributed by atoms with Crippen molar-refractivity contribution in [3.63, 3.8) is 0 Å². The van der Waals surface area contributed by atoms with E-state index in [0.717, 1.165) is 48.1 Å². The van der Waals surface area contributed by atoms with Crippen LogP contribution in [-0.2, 0) is 23.9 Å². The van der Waals surface area contributed by atoms with Crippen LogP contribution < -0.4 is 14.2 Å². The monoisotopic (exact) mass is 614 g/mol. The predicted molar refractivity (Wildman–Crippen MR) is 171 cm³/mol. The van der Waals surface area contributed by atoms with Gasteiger partial charge in [-0.15, -0.1) is 0 Å². The second-order valence-corrected chi connectivity index (χ2v) is 9.75. The molecule has 0 spiro atoms. The van der Waals surface area contributed by atoms with Gasteiger partial charge in [-0.2, -0.15) is 0 Å². The van der Waals surface area contributed by atoms with Gasteiger partial charge < -0.3 is 28.8 Å². The third-order valence-corrected chi connectivity index (χ3v) is 6.34. The number of hydrogen-bond donors (Lipinski definition) is 1. The summed E-state index contributed by atoms with van der Waals surface area (Å²) in [6.45, 7) is 7.46. The van der Waals surface area contributed by atoms with Crippen LogP contribution in [0.4, 0.5) is 0 Å². The molecule has 0 atom stereocenters. The molecule has 0 heterocycles. The van der Waals surface area contributed by atoms with Crippen LogP contribution in [0.15, 0.2) is 104 Å². The number of ether oxygens (including phenoxy) is 5. The summed E-state index contributed by atoms with van der Waals surface area (Å²) in [6, 6.07) is 22.2. The van der Waals surface area contributed by atoms with Crippen molar-refractivity contribution in [3.05, 3.63) is 109 Å². The van der Waals surface area contributed by atoms with Crippen LogP contribution in [0.2, 0.25) is 0 Å². The van der Waals surface area contributed by atoms with E-state index in [9.17, 15) is 14.4 Å². The first-order valence-corrected chi connectivity index (χ1v) is 14.6. The van der Waals surface area contributed by atoms with Crippen molar-refractivity contribution in [2.24, 2.45) is 0 Å². The molecule has 3 rings (SSSR count). The van der Waals surface area contributed by atoms with Crippen LogP contribution in [0.5, 0.6) is 17.2 Å². The maximum Gasteiger partial charge on any atom is 0.336 e. The molecule has 9 heteroatoms. The molecule has 9 nitrogen and oxygen atoms in total. The SMILES string of the molecule is C=CC(=O)OCCCCCCOc1ccc(-c2ccc(/C=C/C(=O)Oc3ccc(OCCOC(=O)C(=C)CO)cc3)cc2)cc1. The third-order valence-electron chi connectivity index (χ3n) is 6.34. The van der Waals surface area contributed by atoms with Crippen molar-refractivity contribution in [3.8, 4) is 28.4 Å².